The molecule has 0 aliphatic carbocycles. The van der Waals surface area contributed by atoms with Crippen molar-refractivity contribution in [2.75, 3.05) is 31.1 Å². The van der Waals surface area contributed by atoms with E-state index in [0.717, 1.165) is 36.7 Å². The molecule has 0 unspecified atom stereocenters. The summed E-state index contributed by atoms with van der Waals surface area (Å²) in [5.41, 5.74) is 1.09. The van der Waals surface area contributed by atoms with Crippen molar-refractivity contribution < 1.29 is 9.90 Å². The van der Waals surface area contributed by atoms with Gasteiger partial charge >= 0.3 is 5.97 Å². The van der Waals surface area contributed by atoms with Crippen LogP contribution in [0.4, 0.5) is 5.95 Å². The van der Waals surface area contributed by atoms with E-state index in [0.29, 0.717) is 19.5 Å². The van der Waals surface area contributed by atoms with Gasteiger partial charge in [-0.3, -0.25) is 9.69 Å². The Labute approximate surface area is 159 Å². The highest BCUT2D eigenvalue weighted by atomic mass is 16.4. The van der Waals surface area contributed by atoms with Gasteiger partial charge in [0.05, 0.1) is 0 Å². The van der Waals surface area contributed by atoms with Crippen LogP contribution in [-0.4, -0.2) is 52.1 Å². The van der Waals surface area contributed by atoms with Crippen LogP contribution in [0, 0.1) is 0 Å². The molecule has 0 spiro atoms. The van der Waals surface area contributed by atoms with Gasteiger partial charge in [0, 0.05) is 50.7 Å². The lowest BCUT2D eigenvalue weighted by molar-refractivity contribution is -0.143. The first-order chi connectivity index (χ1) is 13.2. The van der Waals surface area contributed by atoms with Crippen molar-refractivity contribution in [2.45, 2.75) is 37.6 Å². The standard InChI is InChI=1S/C21H26N4O2/c26-19(27)21(18-7-3-1-4-8-18)9-12-24(16-21)15-17-13-22-20(23-14-17)25-10-5-2-6-11-25/h1,3-4,7-8,13-14H,2,5-6,9-12,15-16H2,(H,26,27)/t21-/m0/s1. The Morgan fingerprint density at radius 1 is 1.04 bits per heavy atom. The monoisotopic (exact) mass is 366 g/mol. The van der Waals surface area contributed by atoms with Crippen LogP contribution in [0.3, 0.4) is 0 Å². The lowest BCUT2D eigenvalue weighted by Crippen LogP contribution is -2.38. The molecule has 27 heavy (non-hydrogen) atoms. The number of piperidine rings is 1. The largest absolute Gasteiger partial charge is 0.481 e. The third-order valence-electron chi connectivity index (χ3n) is 5.82. The Hall–Kier alpha value is -2.47. The molecule has 2 aliphatic heterocycles. The van der Waals surface area contributed by atoms with Crippen LogP contribution in [0.2, 0.25) is 0 Å². The molecule has 1 aromatic carbocycles. The summed E-state index contributed by atoms with van der Waals surface area (Å²) >= 11 is 0. The van der Waals surface area contributed by atoms with E-state index in [9.17, 15) is 9.90 Å². The number of carboxylic acid groups (broad SMARTS) is 1. The third-order valence-corrected chi connectivity index (χ3v) is 5.82. The van der Waals surface area contributed by atoms with Crippen molar-refractivity contribution in [1.29, 1.82) is 0 Å². The van der Waals surface area contributed by atoms with Gasteiger partial charge in [-0.05, 0) is 31.2 Å². The summed E-state index contributed by atoms with van der Waals surface area (Å²) < 4.78 is 0. The van der Waals surface area contributed by atoms with E-state index in [-0.39, 0.29) is 0 Å². The molecular weight excluding hydrogens is 340 g/mol. The molecule has 1 N–H and O–H groups in total. The van der Waals surface area contributed by atoms with Crippen LogP contribution in [0.25, 0.3) is 0 Å². The van der Waals surface area contributed by atoms with E-state index < -0.39 is 11.4 Å². The van der Waals surface area contributed by atoms with Crippen LogP contribution in [0.1, 0.15) is 36.8 Å². The zero-order valence-corrected chi connectivity index (χ0v) is 15.5. The minimum absolute atomic E-state index is 0.514. The Morgan fingerprint density at radius 3 is 2.41 bits per heavy atom. The fraction of sp³-hybridized carbons (Fsp3) is 0.476. The predicted octanol–water partition coefficient (Wildman–Crippen LogP) is 2.70. The highest BCUT2D eigenvalue weighted by Gasteiger charge is 2.46. The minimum Gasteiger partial charge on any atom is -0.481 e. The number of carboxylic acids is 1. The van der Waals surface area contributed by atoms with Crippen LogP contribution < -0.4 is 4.90 Å². The van der Waals surface area contributed by atoms with Gasteiger partial charge in [-0.25, -0.2) is 9.97 Å². The number of aliphatic carboxylic acids is 1. The van der Waals surface area contributed by atoms with E-state index in [2.05, 4.69) is 19.8 Å². The molecule has 0 amide bonds. The normalized spacial score (nSPS) is 23.5. The number of hydrogen-bond donors (Lipinski definition) is 1. The molecule has 0 bridgehead atoms. The lowest BCUT2D eigenvalue weighted by Gasteiger charge is -2.27. The Kier molecular flexibility index (Phi) is 5.07. The molecule has 2 aromatic rings. The molecule has 4 rings (SSSR count). The second-order valence-electron chi connectivity index (χ2n) is 7.65. The summed E-state index contributed by atoms with van der Waals surface area (Å²) in [5.74, 6) is 0.0666. The maximum Gasteiger partial charge on any atom is 0.315 e. The second kappa shape index (κ2) is 7.64. The minimum atomic E-state index is -0.824. The van der Waals surface area contributed by atoms with Crippen LogP contribution in [0.15, 0.2) is 42.7 Å². The van der Waals surface area contributed by atoms with E-state index in [1.165, 1.54) is 19.3 Å². The van der Waals surface area contributed by atoms with Crippen molar-refractivity contribution in [3.05, 3.63) is 53.9 Å². The smallest absolute Gasteiger partial charge is 0.315 e. The van der Waals surface area contributed by atoms with Crippen molar-refractivity contribution in [3.63, 3.8) is 0 Å². The summed E-state index contributed by atoms with van der Waals surface area (Å²) in [6.45, 7) is 4.02. The van der Waals surface area contributed by atoms with Gasteiger partial charge in [0.2, 0.25) is 5.95 Å². The molecule has 2 saturated heterocycles. The quantitative estimate of drug-likeness (QED) is 0.877. The number of aromatic nitrogens is 2. The number of benzene rings is 1. The first-order valence-corrected chi connectivity index (χ1v) is 9.74. The van der Waals surface area contributed by atoms with Crippen LogP contribution in [0.5, 0.6) is 0 Å². The van der Waals surface area contributed by atoms with Gasteiger partial charge < -0.3 is 10.0 Å². The summed E-state index contributed by atoms with van der Waals surface area (Å²) in [6, 6.07) is 9.60. The van der Waals surface area contributed by atoms with Gasteiger partial charge in [-0.1, -0.05) is 30.3 Å². The zero-order chi connectivity index (χ0) is 18.7. The number of anilines is 1. The predicted molar refractivity (Wildman–Crippen MR) is 104 cm³/mol. The molecule has 6 nitrogen and oxygen atoms in total. The first kappa shape index (κ1) is 17.9. The molecule has 0 radical (unpaired) electrons. The van der Waals surface area contributed by atoms with Crippen molar-refractivity contribution in [2.24, 2.45) is 0 Å². The van der Waals surface area contributed by atoms with E-state index in [4.69, 9.17) is 0 Å². The van der Waals surface area contributed by atoms with Crippen LogP contribution >= 0.6 is 0 Å². The van der Waals surface area contributed by atoms with Gasteiger partial charge in [-0.15, -0.1) is 0 Å². The van der Waals surface area contributed by atoms with Gasteiger partial charge in [0.1, 0.15) is 5.41 Å². The molecule has 2 aliphatic rings. The summed E-state index contributed by atoms with van der Waals surface area (Å²) in [5, 5.41) is 9.92. The Balaban J connectivity index is 1.44. The molecule has 0 saturated carbocycles. The fourth-order valence-corrected chi connectivity index (χ4v) is 4.26. The molecule has 6 heteroatoms. The molecule has 1 atom stereocenters. The molecular formula is C21H26N4O2. The summed E-state index contributed by atoms with van der Waals surface area (Å²) in [7, 11) is 0. The summed E-state index contributed by atoms with van der Waals surface area (Å²) in [4.78, 5) is 25.6. The maximum atomic E-state index is 12.1. The van der Waals surface area contributed by atoms with Gasteiger partial charge in [0.15, 0.2) is 0 Å². The second-order valence-corrected chi connectivity index (χ2v) is 7.65. The number of likely N-dealkylation sites (tertiary alicyclic amines) is 1. The maximum absolute atomic E-state index is 12.1. The van der Waals surface area contributed by atoms with Gasteiger partial charge in [-0.2, -0.15) is 0 Å². The molecule has 3 heterocycles. The van der Waals surface area contributed by atoms with Crippen molar-refractivity contribution >= 4 is 11.9 Å². The van der Waals surface area contributed by atoms with Crippen molar-refractivity contribution in [3.8, 4) is 0 Å². The number of rotatable bonds is 5. The lowest BCUT2D eigenvalue weighted by atomic mass is 9.80. The highest BCUT2D eigenvalue weighted by Crippen LogP contribution is 2.35. The van der Waals surface area contributed by atoms with E-state index in [1.807, 2.05) is 42.7 Å². The molecule has 2 fully saturated rings. The zero-order valence-electron chi connectivity index (χ0n) is 15.5. The topological polar surface area (TPSA) is 69.6 Å². The number of carbonyl (C=O) groups is 1. The molecule has 142 valence electrons. The Morgan fingerprint density at radius 2 is 1.74 bits per heavy atom. The number of nitrogens with zero attached hydrogens (tertiary/aromatic N) is 4. The molecule has 1 aromatic heterocycles. The number of hydrogen-bond acceptors (Lipinski definition) is 5. The summed E-state index contributed by atoms with van der Waals surface area (Å²) in [6.07, 6.45) is 8.10. The fourth-order valence-electron chi connectivity index (χ4n) is 4.26. The average molecular weight is 366 g/mol. The SMILES string of the molecule is O=C(O)[C@@]1(c2ccccc2)CCN(Cc2cnc(N3CCCCC3)nc2)C1. The highest BCUT2D eigenvalue weighted by molar-refractivity contribution is 5.82. The Bertz CT molecular complexity index is 775. The van der Waals surface area contributed by atoms with E-state index in [1.54, 1.807) is 0 Å². The average Bonchev–Trinajstić information content (AvgIpc) is 3.15. The first-order valence-electron chi connectivity index (χ1n) is 9.74. The third kappa shape index (κ3) is 3.67. The van der Waals surface area contributed by atoms with Crippen molar-refractivity contribution in [1.82, 2.24) is 14.9 Å². The van der Waals surface area contributed by atoms with Crippen LogP contribution in [-0.2, 0) is 16.8 Å². The van der Waals surface area contributed by atoms with Gasteiger partial charge in [0.25, 0.3) is 0 Å². The van der Waals surface area contributed by atoms with E-state index >= 15 is 0 Å².